The first kappa shape index (κ1) is 13.9. The van der Waals surface area contributed by atoms with Gasteiger partial charge < -0.3 is 5.32 Å². The molecule has 4 rings (SSSR count). The lowest BCUT2D eigenvalue weighted by molar-refractivity contribution is 0.628. The Kier molecular flexibility index (Phi) is 3.49. The number of aromatic nitrogens is 4. The van der Waals surface area contributed by atoms with Crippen LogP contribution in [0.5, 0.6) is 0 Å². The van der Waals surface area contributed by atoms with Crippen LogP contribution in [0.4, 0.5) is 10.2 Å². The zero-order chi connectivity index (χ0) is 15.6. The van der Waals surface area contributed by atoms with Crippen LogP contribution >= 0.6 is 0 Å². The molecule has 5 nitrogen and oxygen atoms in total. The molecule has 116 valence electrons. The van der Waals surface area contributed by atoms with E-state index in [4.69, 9.17) is 0 Å². The monoisotopic (exact) mass is 309 g/mol. The molecule has 1 aliphatic rings. The van der Waals surface area contributed by atoms with Crippen LogP contribution in [-0.2, 0) is 0 Å². The molecule has 0 radical (unpaired) electrons. The van der Waals surface area contributed by atoms with Gasteiger partial charge in [0.15, 0.2) is 11.5 Å². The number of anilines is 1. The smallest absolute Gasteiger partial charge is 0.185 e. The number of benzene rings is 1. The fraction of sp³-hybridized carbons (Fsp3) is 0.235. The Bertz CT molecular complexity index is 884. The summed E-state index contributed by atoms with van der Waals surface area (Å²) in [6.07, 6.45) is 5.83. The molecule has 2 aromatic heterocycles. The first-order chi connectivity index (χ1) is 11.3. The van der Waals surface area contributed by atoms with Crippen LogP contribution in [0.3, 0.4) is 0 Å². The molecule has 1 N–H and O–H groups in total. The Balaban J connectivity index is 1.65. The van der Waals surface area contributed by atoms with Crippen molar-refractivity contribution < 1.29 is 4.39 Å². The second kappa shape index (κ2) is 5.79. The summed E-state index contributed by atoms with van der Waals surface area (Å²) in [5.74, 6) is 0.979. The minimum absolute atomic E-state index is 0.304. The van der Waals surface area contributed by atoms with Crippen molar-refractivity contribution >= 4 is 11.5 Å². The highest BCUT2D eigenvalue weighted by atomic mass is 19.1. The van der Waals surface area contributed by atoms with Crippen molar-refractivity contribution in [1.29, 1.82) is 0 Å². The van der Waals surface area contributed by atoms with Crippen molar-refractivity contribution in [1.82, 2.24) is 19.8 Å². The predicted molar refractivity (Wildman–Crippen MR) is 86.6 cm³/mol. The van der Waals surface area contributed by atoms with Crippen LogP contribution in [0, 0.1) is 5.82 Å². The molecule has 0 fully saturated rings. The van der Waals surface area contributed by atoms with Gasteiger partial charge in [0.1, 0.15) is 11.6 Å². The van der Waals surface area contributed by atoms with Crippen molar-refractivity contribution in [2.75, 3.05) is 11.9 Å². The van der Waals surface area contributed by atoms with Crippen molar-refractivity contribution in [3.8, 4) is 11.4 Å². The molecule has 0 saturated heterocycles. The van der Waals surface area contributed by atoms with Crippen LogP contribution in [0.25, 0.3) is 17.0 Å². The van der Waals surface area contributed by atoms with Gasteiger partial charge in [-0.15, -0.1) is 15.3 Å². The van der Waals surface area contributed by atoms with Crippen molar-refractivity contribution in [2.24, 2.45) is 0 Å². The molecule has 0 atom stereocenters. The number of rotatable bonds is 4. The van der Waals surface area contributed by atoms with Crippen LogP contribution < -0.4 is 5.32 Å². The summed E-state index contributed by atoms with van der Waals surface area (Å²) in [4.78, 5) is 0. The van der Waals surface area contributed by atoms with Crippen LogP contribution in [-0.4, -0.2) is 26.4 Å². The van der Waals surface area contributed by atoms with Crippen LogP contribution in [0.1, 0.15) is 19.3 Å². The molecule has 1 aromatic carbocycles. The minimum atomic E-state index is -0.304. The van der Waals surface area contributed by atoms with Crippen molar-refractivity contribution in [3.63, 3.8) is 0 Å². The van der Waals surface area contributed by atoms with E-state index in [-0.39, 0.29) is 5.82 Å². The molecule has 23 heavy (non-hydrogen) atoms. The van der Waals surface area contributed by atoms with E-state index >= 15 is 0 Å². The number of fused-ring (bicyclic) bond motifs is 1. The van der Waals surface area contributed by atoms with Gasteiger partial charge in [-0.2, -0.15) is 4.52 Å². The standard InChI is InChI=1S/C17H16FN5/c18-14-7-3-6-13(10-14)17-21-20-16-9-8-15(22-23(16)17)19-11-12-4-1-2-5-12/h3-4,6-10H,1-2,5,11H2,(H,19,22). The Morgan fingerprint density at radius 2 is 2.13 bits per heavy atom. The van der Waals surface area contributed by atoms with Crippen molar-refractivity contribution in [3.05, 3.63) is 53.9 Å². The van der Waals surface area contributed by atoms with E-state index in [0.717, 1.165) is 18.8 Å². The number of hydrogen-bond donors (Lipinski definition) is 1. The molecule has 0 bridgehead atoms. The summed E-state index contributed by atoms with van der Waals surface area (Å²) < 4.78 is 15.1. The van der Waals surface area contributed by atoms with Crippen LogP contribution in [0.2, 0.25) is 0 Å². The summed E-state index contributed by atoms with van der Waals surface area (Å²) >= 11 is 0. The second-order valence-corrected chi connectivity index (χ2v) is 5.63. The summed E-state index contributed by atoms with van der Waals surface area (Å²) in [6.45, 7) is 0.802. The van der Waals surface area contributed by atoms with E-state index in [0.29, 0.717) is 17.0 Å². The van der Waals surface area contributed by atoms with Gasteiger partial charge in [0, 0.05) is 12.1 Å². The van der Waals surface area contributed by atoms with Gasteiger partial charge in [-0.25, -0.2) is 4.39 Å². The molecule has 3 aromatic rings. The van der Waals surface area contributed by atoms with E-state index in [2.05, 4.69) is 26.7 Å². The molecule has 6 heteroatoms. The molecule has 0 spiro atoms. The number of nitrogens with one attached hydrogen (secondary N) is 1. The Morgan fingerprint density at radius 1 is 1.17 bits per heavy atom. The topological polar surface area (TPSA) is 55.1 Å². The zero-order valence-electron chi connectivity index (χ0n) is 12.5. The van der Waals surface area contributed by atoms with Crippen LogP contribution in [0.15, 0.2) is 48.0 Å². The van der Waals surface area contributed by atoms with Gasteiger partial charge in [0.05, 0.1) is 0 Å². The van der Waals surface area contributed by atoms with E-state index < -0.39 is 0 Å². The van der Waals surface area contributed by atoms with E-state index in [1.807, 2.05) is 12.1 Å². The normalized spacial score (nSPS) is 14.2. The molecular weight excluding hydrogens is 293 g/mol. The Labute approximate surface area is 132 Å². The van der Waals surface area contributed by atoms with Gasteiger partial charge >= 0.3 is 0 Å². The second-order valence-electron chi connectivity index (χ2n) is 5.63. The van der Waals surface area contributed by atoms with Crippen molar-refractivity contribution in [2.45, 2.75) is 19.3 Å². The van der Waals surface area contributed by atoms with E-state index in [1.165, 1.54) is 30.5 Å². The highest BCUT2D eigenvalue weighted by Crippen LogP contribution is 2.20. The first-order valence-electron chi connectivity index (χ1n) is 7.70. The van der Waals surface area contributed by atoms with E-state index in [9.17, 15) is 4.39 Å². The first-order valence-corrected chi connectivity index (χ1v) is 7.70. The average molecular weight is 309 g/mol. The Hall–Kier alpha value is -2.76. The number of nitrogens with zero attached hydrogens (tertiary/aromatic N) is 4. The number of allylic oxidation sites excluding steroid dienone is 1. The summed E-state index contributed by atoms with van der Waals surface area (Å²) in [6, 6.07) is 10.0. The molecule has 0 unspecified atom stereocenters. The SMILES string of the molecule is Fc1cccc(-c2nnc3ccc(NCC4=CCCC4)nn23)c1. The highest BCUT2D eigenvalue weighted by Gasteiger charge is 2.11. The highest BCUT2D eigenvalue weighted by molar-refractivity contribution is 5.59. The summed E-state index contributed by atoms with van der Waals surface area (Å²) in [7, 11) is 0. The molecule has 2 heterocycles. The maximum absolute atomic E-state index is 13.4. The van der Waals surface area contributed by atoms with Gasteiger partial charge in [-0.3, -0.25) is 0 Å². The molecule has 0 aliphatic heterocycles. The van der Waals surface area contributed by atoms with Gasteiger partial charge in [-0.05, 0) is 43.5 Å². The molecular formula is C17H16FN5. The van der Waals surface area contributed by atoms with Gasteiger partial charge in [-0.1, -0.05) is 23.8 Å². The maximum Gasteiger partial charge on any atom is 0.185 e. The van der Waals surface area contributed by atoms with Gasteiger partial charge in [0.2, 0.25) is 0 Å². The summed E-state index contributed by atoms with van der Waals surface area (Å²) in [5.41, 5.74) is 2.71. The minimum Gasteiger partial charge on any atom is -0.365 e. The average Bonchev–Trinajstić information content (AvgIpc) is 3.22. The predicted octanol–water partition coefficient (Wildman–Crippen LogP) is 3.45. The lowest BCUT2D eigenvalue weighted by Crippen LogP contribution is -2.07. The summed E-state index contributed by atoms with van der Waals surface area (Å²) in [5, 5.41) is 16.1. The molecule has 0 amide bonds. The largest absolute Gasteiger partial charge is 0.365 e. The third-order valence-electron chi connectivity index (χ3n) is 3.98. The Morgan fingerprint density at radius 3 is 2.96 bits per heavy atom. The fourth-order valence-electron chi connectivity index (χ4n) is 2.79. The lowest BCUT2D eigenvalue weighted by atomic mass is 10.2. The molecule has 0 saturated carbocycles. The quantitative estimate of drug-likeness (QED) is 0.750. The number of hydrogen-bond acceptors (Lipinski definition) is 4. The van der Waals surface area contributed by atoms with E-state index in [1.54, 1.807) is 16.6 Å². The molecule has 1 aliphatic carbocycles. The maximum atomic E-state index is 13.4. The van der Waals surface area contributed by atoms with Gasteiger partial charge in [0.25, 0.3) is 0 Å². The zero-order valence-corrected chi connectivity index (χ0v) is 12.5. The third-order valence-corrected chi connectivity index (χ3v) is 3.98. The third kappa shape index (κ3) is 2.79. The fourth-order valence-corrected chi connectivity index (χ4v) is 2.79. The lowest BCUT2D eigenvalue weighted by Gasteiger charge is -2.07. The number of halogens is 1.